The molecule has 1 amide bonds. The summed E-state index contributed by atoms with van der Waals surface area (Å²) in [6, 6.07) is 6.52. The number of carbonyl (C=O) groups is 1. The quantitative estimate of drug-likeness (QED) is 0.917. The predicted octanol–water partition coefficient (Wildman–Crippen LogP) is 3.97. The van der Waals surface area contributed by atoms with Gasteiger partial charge in [-0.1, -0.05) is 26.3 Å². The lowest BCUT2D eigenvalue weighted by Gasteiger charge is -2.54. The van der Waals surface area contributed by atoms with Crippen LogP contribution in [0.15, 0.2) is 18.2 Å². The minimum absolute atomic E-state index is 0.0476. The van der Waals surface area contributed by atoms with Gasteiger partial charge in [-0.15, -0.1) is 0 Å². The van der Waals surface area contributed by atoms with E-state index in [2.05, 4.69) is 45.9 Å². The fourth-order valence-electron chi connectivity index (χ4n) is 5.11. The number of benzene rings is 1. The third kappa shape index (κ3) is 2.54. The fraction of sp³-hybridized carbons (Fsp3) is 0.650. The molecule has 1 aromatic rings. The Morgan fingerprint density at radius 2 is 2.04 bits per heavy atom. The van der Waals surface area contributed by atoms with Crippen LogP contribution in [-0.2, 0) is 16.6 Å². The van der Waals surface area contributed by atoms with Crippen LogP contribution in [0.2, 0.25) is 0 Å². The molecule has 0 aromatic heterocycles. The largest absolute Gasteiger partial charge is 0.491 e. The van der Waals surface area contributed by atoms with Crippen molar-refractivity contribution in [2.45, 2.75) is 71.3 Å². The zero-order valence-corrected chi connectivity index (χ0v) is 14.8. The highest BCUT2D eigenvalue weighted by Crippen LogP contribution is 2.57. The number of fused-ring (bicyclic) bond motifs is 3. The Balaban J connectivity index is 2.01. The number of primary amides is 1. The molecule has 0 spiro atoms. The van der Waals surface area contributed by atoms with Crippen LogP contribution in [0.5, 0.6) is 5.75 Å². The summed E-state index contributed by atoms with van der Waals surface area (Å²) < 4.78 is 5.85. The minimum Gasteiger partial charge on any atom is -0.491 e. The van der Waals surface area contributed by atoms with Crippen molar-refractivity contribution in [3.8, 4) is 5.75 Å². The van der Waals surface area contributed by atoms with Crippen LogP contribution in [0.25, 0.3) is 0 Å². The van der Waals surface area contributed by atoms with E-state index in [1.165, 1.54) is 11.1 Å². The van der Waals surface area contributed by atoms with Crippen molar-refractivity contribution in [1.29, 1.82) is 0 Å². The summed E-state index contributed by atoms with van der Waals surface area (Å²) in [5, 5.41) is 0. The zero-order valence-electron chi connectivity index (χ0n) is 14.8. The second kappa shape index (κ2) is 5.54. The van der Waals surface area contributed by atoms with Crippen molar-refractivity contribution in [3.05, 3.63) is 29.3 Å². The van der Waals surface area contributed by atoms with E-state index in [1.807, 2.05) is 0 Å². The third-order valence-electron chi connectivity index (χ3n) is 6.26. The number of ether oxygens (including phenoxy) is 1. The molecular weight excluding hydrogens is 286 g/mol. The molecule has 3 atom stereocenters. The van der Waals surface area contributed by atoms with Gasteiger partial charge in [0.15, 0.2) is 0 Å². The average molecular weight is 315 g/mol. The van der Waals surface area contributed by atoms with Crippen molar-refractivity contribution in [2.24, 2.45) is 17.1 Å². The van der Waals surface area contributed by atoms with E-state index < -0.39 is 0 Å². The van der Waals surface area contributed by atoms with E-state index in [9.17, 15) is 4.79 Å². The van der Waals surface area contributed by atoms with Gasteiger partial charge in [0.25, 0.3) is 0 Å². The monoisotopic (exact) mass is 315 g/mol. The molecule has 3 nitrogen and oxygen atoms in total. The lowest BCUT2D eigenvalue weighted by atomic mass is 9.49. The van der Waals surface area contributed by atoms with Crippen LogP contribution in [-0.4, -0.2) is 12.0 Å². The van der Waals surface area contributed by atoms with Gasteiger partial charge >= 0.3 is 0 Å². The molecule has 2 aliphatic carbocycles. The van der Waals surface area contributed by atoms with Crippen LogP contribution in [0, 0.1) is 11.3 Å². The maximum Gasteiger partial charge on any atom is 0.223 e. The van der Waals surface area contributed by atoms with Gasteiger partial charge in [-0.3, -0.25) is 4.79 Å². The van der Waals surface area contributed by atoms with Crippen LogP contribution >= 0.6 is 0 Å². The molecule has 3 unspecified atom stereocenters. The summed E-state index contributed by atoms with van der Waals surface area (Å²) in [5.41, 5.74) is 8.26. The third-order valence-corrected chi connectivity index (χ3v) is 6.26. The molecule has 2 aliphatic rings. The van der Waals surface area contributed by atoms with Crippen molar-refractivity contribution in [1.82, 2.24) is 0 Å². The molecule has 0 saturated heterocycles. The number of rotatable bonds is 3. The second-order valence-corrected chi connectivity index (χ2v) is 8.13. The average Bonchev–Trinajstić information content (AvgIpc) is 2.46. The highest BCUT2D eigenvalue weighted by molar-refractivity contribution is 5.81. The van der Waals surface area contributed by atoms with Gasteiger partial charge in [-0.2, -0.15) is 0 Å². The van der Waals surface area contributed by atoms with Crippen molar-refractivity contribution in [2.75, 3.05) is 0 Å². The maximum absolute atomic E-state index is 12.2. The summed E-state index contributed by atoms with van der Waals surface area (Å²) in [6.45, 7) is 8.52. The number of carbonyl (C=O) groups excluding carboxylic acids is 1. The highest BCUT2D eigenvalue weighted by atomic mass is 16.5. The van der Waals surface area contributed by atoms with E-state index in [-0.39, 0.29) is 22.8 Å². The smallest absolute Gasteiger partial charge is 0.223 e. The standard InChI is InChI=1S/C20H29NO2/c1-13(2)23-15-7-8-16-14(12-15)6-9-17-19(16,3)10-5-11-20(17,4)18(21)22/h7-8,12-13,17H,5-6,9-11H2,1-4H3,(H2,21,22). The Hall–Kier alpha value is -1.51. The number of aryl methyl sites for hydroxylation is 1. The predicted molar refractivity (Wildman–Crippen MR) is 92.5 cm³/mol. The molecule has 2 N–H and O–H groups in total. The first-order valence-corrected chi connectivity index (χ1v) is 8.87. The second-order valence-electron chi connectivity index (χ2n) is 8.13. The maximum atomic E-state index is 12.2. The van der Waals surface area contributed by atoms with Crippen LogP contribution < -0.4 is 10.5 Å². The van der Waals surface area contributed by atoms with Crippen molar-refractivity contribution >= 4 is 5.91 Å². The lowest BCUT2D eigenvalue weighted by Crippen LogP contribution is -2.54. The summed E-state index contributed by atoms with van der Waals surface area (Å²) in [5.74, 6) is 1.16. The summed E-state index contributed by atoms with van der Waals surface area (Å²) >= 11 is 0. The summed E-state index contributed by atoms with van der Waals surface area (Å²) in [6.07, 6.45) is 5.36. The zero-order chi connectivity index (χ0) is 16.8. The van der Waals surface area contributed by atoms with E-state index in [0.29, 0.717) is 5.92 Å². The number of hydrogen-bond acceptors (Lipinski definition) is 2. The van der Waals surface area contributed by atoms with E-state index in [4.69, 9.17) is 10.5 Å². The molecule has 0 heterocycles. The summed E-state index contributed by atoms with van der Waals surface area (Å²) in [4.78, 5) is 12.2. The van der Waals surface area contributed by atoms with E-state index in [1.54, 1.807) is 0 Å². The van der Waals surface area contributed by atoms with Gasteiger partial charge in [0.2, 0.25) is 5.91 Å². The first-order valence-electron chi connectivity index (χ1n) is 8.87. The number of amides is 1. The molecule has 1 aromatic carbocycles. The Labute approximate surface area is 139 Å². The van der Waals surface area contributed by atoms with Gasteiger partial charge in [-0.05, 0) is 74.1 Å². The Morgan fingerprint density at radius 1 is 1.30 bits per heavy atom. The normalized spacial score (nSPS) is 33.0. The first-order chi connectivity index (χ1) is 10.8. The van der Waals surface area contributed by atoms with E-state index in [0.717, 1.165) is 37.9 Å². The first kappa shape index (κ1) is 16.4. The number of nitrogens with two attached hydrogens (primary N) is 1. The Bertz CT molecular complexity index is 624. The van der Waals surface area contributed by atoms with Crippen LogP contribution in [0.4, 0.5) is 0 Å². The topological polar surface area (TPSA) is 52.3 Å². The molecule has 0 bridgehead atoms. The van der Waals surface area contributed by atoms with Gasteiger partial charge in [0.1, 0.15) is 5.75 Å². The summed E-state index contributed by atoms with van der Waals surface area (Å²) in [7, 11) is 0. The SMILES string of the molecule is CC(C)Oc1ccc2c(c1)CCC1C(C)(C(N)=O)CCCC21C. The minimum atomic E-state index is -0.377. The van der Waals surface area contributed by atoms with Crippen molar-refractivity contribution in [3.63, 3.8) is 0 Å². The Morgan fingerprint density at radius 3 is 2.70 bits per heavy atom. The van der Waals surface area contributed by atoms with Gasteiger partial charge in [0.05, 0.1) is 6.10 Å². The van der Waals surface area contributed by atoms with Crippen molar-refractivity contribution < 1.29 is 9.53 Å². The molecule has 23 heavy (non-hydrogen) atoms. The molecular formula is C20H29NO2. The molecule has 126 valence electrons. The molecule has 0 radical (unpaired) electrons. The molecule has 3 rings (SSSR count). The van der Waals surface area contributed by atoms with Gasteiger partial charge in [0, 0.05) is 5.41 Å². The van der Waals surface area contributed by atoms with Crippen LogP contribution in [0.3, 0.4) is 0 Å². The van der Waals surface area contributed by atoms with E-state index >= 15 is 0 Å². The molecule has 1 fully saturated rings. The Kier molecular flexibility index (Phi) is 3.94. The lowest BCUT2D eigenvalue weighted by molar-refractivity contribution is -0.135. The fourth-order valence-corrected chi connectivity index (χ4v) is 5.11. The highest BCUT2D eigenvalue weighted by Gasteiger charge is 2.54. The number of hydrogen-bond donors (Lipinski definition) is 1. The molecule has 0 aliphatic heterocycles. The molecule has 1 saturated carbocycles. The van der Waals surface area contributed by atoms with Gasteiger partial charge in [-0.25, -0.2) is 0 Å². The van der Waals surface area contributed by atoms with Crippen LogP contribution in [0.1, 0.15) is 64.5 Å². The van der Waals surface area contributed by atoms with Gasteiger partial charge < -0.3 is 10.5 Å². The molecule has 3 heteroatoms.